The molecule has 3 aliphatic heterocycles. The molecule has 176 valence electrons. The highest BCUT2D eigenvalue weighted by Crippen LogP contribution is 2.42. The molecule has 3 aromatic carbocycles. The summed E-state index contributed by atoms with van der Waals surface area (Å²) >= 11 is 0. The Morgan fingerprint density at radius 1 is 0.914 bits per heavy atom. The quantitative estimate of drug-likeness (QED) is 0.332. The Balaban J connectivity index is 1.55. The highest BCUT2D eigenvalue weighted by molar-refractivity contribution is 5.99. The molecule has 3 aromatic rings. The van der Waals surface area contributed by atoms with Crippen LogP contribution in [0.5, 0.6) is 23.0 Å². The van der Waals surface area contributed by atoms with E-state index in [0.717, 1.165) is 62.0 Å². The SMILES string of the molecule is CCOc1ccc(-c2nnc3c4cc5c(cc4n(Cc4ccccc4OC)cc2-3)OCCO5)cc1. The number of benzene rings is 3. The molecule has 3 aliphatic rings. The minimum atomic E-state index is 0.528. The van der Waals surface area contributed by atoms with Gasteiger partial charge in [0, 0.05) is 34.3 Å². The molecule has 3 heterocycles. The van der Waals surface area contributed by atoms with Crippen molar-refractivity contribution in [3.63, 3.8) is 0 Å². The van der Waals surface area contributed by atoms with Gasteiger partial charge in [-0.25, -0.2) is 0 Å². The van der Waals surface area contributed by atoms with E-state index in [1.165, 1.54) is 0 Å². The lowest BCUT2D eigenvalue weighted by molar-refractivity contribution is 0.172. The largest absolute Gasteiger partial charge is 0.496 e. The minimum Gasteiger partial charge on any atom is -0.496 e. The Kier molecular flexibility index (Phi) is 5.37. The first kappa shape index (κ1) is 21.3. The van der Waals surface area contributed by atoms with Crippen molar-refractivity contribution in [2.45, 2.75) is 13.5 Å². The number of hydrogen-bond donors (Lipinski definition) is 0. The van der Waals surface area contributed by atoms with E-state index in [0.29, 0.717) is 26.4 Å². The fourth-order valence-electron chi connectivity index (χ4n) is 4.61. The van der Waals surface area contributed by atoms with E-state index in [4.69, 9.17) is 18.9 Å². The number of pyridine rings is 1. The number of para-hydroxylation sites is 1. The first-order valence-corrected chi connectivity index (χ1v) is 11.7. The number of rotatable bonds is 6. The van der Waals surface area contributed by atoms with E-state index in [1.807, 2.05) is 61.5 Å². The average molecular weight is 468 g/mol. The maximum atomic E-state index is 5.89. The lowest BCUT2D eigenvalue weighted by Crippen LogP contribution is -2.16. The molecule has 0 unspecified atom stereocenters. The number of nitrogens with zero attached hydrogens (tertiary/aromatic N) is 3. The van der Waals surface area contributed by atoms with Crippen LogP contribution < -0.4 is 18.9 Å². The summed E-state index contributed by atoms with van der Waals surface area (Å²) in [6.07, 6.45) is 2.12. The summed E-state index contributed by atoms with van der Waals surface area (Å²) in [7, 11) is 1.70. The van der Waals surface area contributed by atoms with E-state index in [1.54, 1.807) is 7.11 Å². The Morgan fingerprint density at radius 2 is 1.66 bits per heavy atom. The van der Waals surface area contributed by atoms with Crippen LogP contribution in [0, 0.1) is 0 Å². The molecule has 0 bridgehead atoms. The molecule has 0 aromatic heterocycles. The number of fused-ring (bicyclic) bond motifs is 4. The summed E-state index contributed by atoms with van der Waals surface area (Å²) in [5, 5.41) is 10.1. The van der Waals surface area contributed by atoms with Crippen LogP contribution in [0.15, 0.2) is 66.9 Å². The summed E-state index contributed by atoms with van der Waals surface area (Å²) in [4.78, 5) is 0. The van der Waals surface area contributed by atoms with Crippen LogP contribution in [0.2, 0.25) is 0 Å². The molecular weight excluding hydrogens is 442 g/mol. The van der Waals surface area contributed by atoms with Crippen LogP contribution in [0.25, 0.3) is 33.4 Å². The average Bonchev–Trinajstić information content (AvgIpc) is 3.33. The Hall–Kier alpha value is -4.26. The second-order valence-corrected chi connectivity index (χ2v) is 8.35. The summed E-state index contributed by atoms with van der Waals surface area (Å²) < 4.78 is 25.2. The zero-order chi connectivity index (χ0) is 23.8. The van der Waals surface area contributed by atoms with Gasteiger partial charge in [-0.15, -0.1) is 10.2 Å². The van der Waals surface area contributed by atoms with Gasteiger partial charge in [0.15, 0.2) is 11.5 Å². The highest BCUT2D eigenvalue weighted by atomic mass is 16.6. The third kappa shape index (κ3) is 3.79. The highest BCUT2D eigenvalue weighted by Gasteiger charge is 2.23. The molecule has 0 radical (unpaired) electrons. The van der Waals surface area contributed by atoms with Gasteiger partial charge in [-0.05, 0) is 43.3 Å². The van der Waals surface area contributed by atoms with Crippen LogP contribution in [0.4, 0.5) is 0 Å². The van der Waals surface area contributed by atoms with Crippen LogP contribution in [0.1, 0.15) is 12.5 Å². The Bertz CT molecular complexity index is 1480. The van der Waals surface area contributed by atoms with Gasteiger partial charge in [0.05, 0.1) is 25.8 Å². The van der Waals surface area contributed by atoms with Gasteiger partial charge in [0.25, 0.3) is 0 Å². The van der Waals surface area contributed by atoms with Crippen molar-refractivity contribution in [2.24, 2.45) is 0 Å². The predicted octanol–water partition coefficient (Wildman–Crippen LogP) is 5.43. The van der Waals surface area contributed by atoms with Gasteiger partial charge >= 0.3 is 0 Å². The molecular formula is C28H25N3O4. The normalized spacial score (nSPS) is 12.7. The van der Waals surface area contributed by atoms with Crippen molar-refractivity contribution in [2.75, 3.05) is 26.9 Å². The molecule has 0 amide bonds. The molecule has 0 N–H and O–H groups in total. The van der Waals surface area contributed by atoms with Crippen LogP contribution in [-0.2, 0) is 6.54 Å². The molecule has 0 aliphatic carbocycles. The maximum absolute atomic E-state index is 5.89. The topological polar surface area (TPSA) is 67.6 Å². The second kappa shape index (κ2) is 8.83. The summed E-state index contributed by atoms with van der Waals surface area (Å²) in [5.41, 5.74) is 5.67. The number of hydrogen-bond acceptors (Lipinski definition) is 6. The fourth-order valence-corrected chi connectivity index (χ4v) is 4.61. The van der Waals surface area contributed by atoms with Crippen molar-refractivity contribution in [3.05, 3.63) is 72.4 Å². The Morgan fingerprint density at radius 3 is 2.43 bits per heavy atom. The van der Waals surface area contributed by atoms with Gasteiger partial charge < -0.3 is 23.5 Å². The zero-order valence-electron chi connectivity index (χ0n) is 19.7. The third-order valence-corrected chi connectivity index (χ3v) is 6.24. The molecule has 0 fully saturated rings. The predicted molar refractivity (Wildman–Crippen MR) is 134 cm³/mol. The van der Waals surface area contributed by atoms with Gasteiger partial charge in [-0.3, -0.25) is 0 Å². The van der Waals surface area contributed by atoms with E-state index >= 15 is 0 Å². The number of ether oxygens (including phenoxy) is 4. The van der Waals surface area contributed by atoms with Gasteiger partial charge in [-0.2, -0.15) is 0 Å². The van der Waals surface area contributed by atoms with E-state index in [2.05, 4.69) is 27.0 Å². The standard InChI is InChI=1S/C28H25N3O4/c1-3-33-20-10-8-18(9-11-20)27-22-17-31(16-19-6-4-5-7-24(19)32-2)23-15-26-25(34-12-13-35-26)14-21(23)28(22)30-29-27/h4-11,14-15,17H,3,12-13,16H2,1-2H3. The van der Waals surface area contributed by atoms with E-state index in [-0.39, 0.29) is 0 Å². The molecule has 0 atom stereocenters. The first-order valence-electron chi connectivity index (χ1n) is 11.7. The minimum absolute atomic E-state index is 0.528. The van der Waals surface area contributed by atoms with Crippen molar-refractivity contribution >= 4 is 10.9 Å². The van der Waals surface area contributed by atoms with E-state index in [9.17, 15) is 0 Å². The number of methoxy groups -OCH3 is 1. The molecule has 7 heteroatoms. The second-order valence-electron chi connectivity index (χ2n) is 8.35. The van der Waals surface area contributed by atoms with Crippen LogP contribution in [0.3, 0.4) is 0 Å². The van der Waals surface area contributed by atoms with Crippen molar-refractivity contribution in [1.82, 2.24) is 14.8 Å². The van der Waals surface area contributed by atoms with E-state index < -0.39 is 0 Å². The van der Waals surface area contributed by atoms with Crippen molar-refractivity contribution in [1.29, 1.82) is 0 Å². The molecule has 0 spiro atoms. The van der Waals surface area contributed by atoms with Crippen molar-refractivity contribution < 1.29 is 18.9 Å². The molecule has 0 saturated carbocycles. The Labute approximate surface area is 203 Å². The van der Waals surface area contributed by atoms with Crippen LogP contribution >= 0.6 is 0 Å². The first-order chi connectivity index (χ1) is 17.2. The molecule has 35 heavy (non-hydrogen) atoms. The lowest BCUT2D eigenvalue weighted by Gasteiger charge is -2.22. The molecule has 6 rings (SSSR count). The van der Waals surface area contributed by atoms with Gasteiger partial charge in [0.1, 0.15) is 36.1 Å². The maximum Gasteiger partial charge on any atom is 0.163 e. The zero-order valence-corrected chi connectivity index (χ0v) is 19.7. The summed E-state index contributed by atoms with van der Waals surface area (Å²) in [6.45, 7) is 4.28. The third-order valence-electron chi connectivity index (χ3n) is 6.24. The van der Waals surface area contributed by atoms with Crippen molar-refractivity contribution in [3.8, 4) is 45.5 Å². The molecule has 0 saturated heterocycles. The lowest BCUT2D eigenvalue weighted by atomic mass is 10.0. The number of aromatic nitrogens is 3. The smallest absolute Gasteiger partial charge is 0.163 e. The summed E-state index contributed by atoms with van der Waals surface area (Å²) in [6, 6.07) is 20.1. The van der Waals surface area contributed by atoms with Crippen LogP contribution in [-0.4, -0.2) is 41.7 Å². The fraction of sp³-hybridized carbons (Fsp3) is 0.214. The van der Waals surface area contributed by atoms with Gasteiger partial charge in [0.2, 0.25) is 0 Å². The molecule has 7 nitrogen and oxygen atoms in total. The monoisotopic (exact) mass is 467 g/mol. The van der Waals surface area contributed by atoms with Gasteiger partial charge in [-0.1, -0.05) is 18.2 Å². The summed E-state index contributed by atoms with van der Waals surface area (Å²) in [5.74, 6) is 3.14.